The minimum absolute atomic E-state index is 0.0613. The Labute approximate surface area is 138 Å². The number of amides is 1. The van der Waals surface area contributed by atoms with Crippen molar-refractivity contribution in [3.8, 4) is 0 Å². The summed E-state index contributed by atoms with van der Waals surface area (Å²) in [5.74, 6) is 1.26. The topological polar surface area (TPSA) is 63.1 Å². The van der Waals surface area contributed by atoms with Crippen molar-refractivity contribution in [1.29, 1.82) is 0 Å². The lowest BCUT2D eigenvalue weighted by molar-refractivity contribution is -0.118. The van der Waals surface area contributed by atoms with Crippen LogP contribution in [0, 0.1) is 0 Å². The first-order chi connectivity index (χ1) is 10.5. The lowest BCUT2D eigenvalue weighted by Gasteiger charge is -2.17. The molecule has 0 saturated carbocycles. The first-order valence-electron chi connectivity index (χ1n) is 7.99. The molecular formula is C15H29N5OS. The number of anilines is 1. The maximum atomic E-state index is 11.9. The van der Waals surface area contributed by atoms with Crippen LogP contribution in [0.2, 0.25) is 0 Å². The Morgan fingerprint density at radius 2 is 2.00 bits per heavy atom. The van der Waals surface area contributed by atoms with Gasteiger partial charge in [0.25, 0.3) is 0 Å². The van der Waals surface area contributed by atoms with E-state index in [0.29, 0.717) is 5.75 Å². The van der Waals surface area contributed by atoms with Crippen LogP contribution in [-0.4, -0.2) is 47.1 Å². The maximum Gasteiger partial charge on any atom is 0.230 e. The van der Waals surface area contributed by atoms with E-state index in [1.54, 1.807) is 0 Å². The number of hydrogen-bond donors (Lipinski definition) is 1. The predicted octanol–water partition coefficient (Wildman–Crippen LogP) is 2.71. The summed E-state index contributed by atoms with van der Waals surface area (Å²) in [4.78, 5) is 13.8. The van der Waals surface area contributed by atoms with Crippen molar-refractivity contribution in [2.75, 3.05) is 31.3 Å². The Morgan fingerprint density at radius 3 is 2.59 bits per heavy atom. The van der Waals surface area contributed by atoms with Gasteiger partial charge in [-0.2, -0.15) is 0 Å². The van der Waals surface area contributed by atoms with Crippen molar-refractivity contribution in [2.45, 2.75) is 57.7 Å². The lowest BCUT2D eigenvalue weighted by atomic mass is 10.2. The van der Waals surface area contributed by atoms with E-state index in [1.165, 1.54) is 31.0 Å². The molecule has 0 aliphatic rings. The average molecular weight is 327 g/mol. The van der Waals surface area contributed by atoms with E-state index in [9.17, 15) is 4.79 Å². The van der Waals surface area contributed by atoms with Crippen molar-refractivity contribution in [1.82, 2.24) is 20.1 Å². The summed E-state index contributed by atoms with van der Waals surface area (Å²) < 4.78 is 2.05. The minimum Gasteiger partial charge on any atom is -0.355 e. The first-order valence-corrected chi connectivity index (χ1v) is 8.97. The van der Waals surface area contributed by atoms with E-state index >= 15 is 0 Å². The van der Waals surface area contributed by atoms with Gasteiger partial charge in [0.15, 0.2) is 5.16 Å². The third kappa shape index (κ3) is 5.87. The summed E-state index contributed by atoms with van der Waals surface area (Å²) in [7, 11) is 3.89. The summed E-state index contributed by atoms with van der Waals surface area (Å²) in [6.45, 7) is 7.13. The number of hydrogen-bond acceptors (Lipinski definition) is 5. The molecule has 0 spiro atoms. The van der Waals surface area contributed by atoms with Gasteiger partial charge < -0.3 is 10.2 Å². The number of nitrogens with one attached hydrogen (secondary N) is 1. The van der Waals surface area contributed by atoms with Crippen LogP contribution in [0.4, 0.5) is 5.95 Å². The molecular weight excluding hydrogens is 298 g/mol. The van der Waals surface area contributed by atoms with Crippen LogP contribution in [0.3, 0.4) is 0 Å². The molecule has 0 aliphatic carbocycles. The summed E-state index contributed by atoms with van der Waals surface area (Å²) in [5, 5.41) is 12.2. The molecule has 6 nitrogen and oxygen atoms in total. The van der Waals surface area contributed by atoms with Crippen molar-refractivity contribution >= 4 is 23.6 Å². The van der Waals surface area contributed by atoms with Gasteiger partial charge in [-0.05, 0) is 20.3 Å². The third-order valence-electron chi connectivity index (χ3n) is 3.25. The lowest BCUT2D eigenvalue weighted by Crippen LogP contribution is -2.26. The van der Waals surface area contributed by atoms with Crippen LogP contribution in [0.5, 0.6) is 0 Å². The number of carbonyl (C=O) groups excluding carboxylic acids is 1. The molecule has 0 saturated heterocycles. The zero-order valence-electron chi connectivity index (χ0n) is 14.4. The summed E-state index contributed by atoms with van der Waals surface area (Å²) in [5.41, 5.74) is 0. The normalized spacial score (nSPS) is 11.0. The second-order valence-electron chi connectivity index (χ2n) is 5.84. The Balaban J connectivity index is 2.45. The minimum atomic E-state index is 0.0613. The Bertz CT molecular complexity index is 459. The molecule has 0 aliphatic heterocycles. The number of nitrogens with zero attached hydrogens (tertiary/aromatic N) is 4. The number of rotatable bonds is 10. The predicted molar refractivity (Wildman–Crippen MR) is 92.6 cm³/mol. The van der Waals surface area contributed by atoms with Gasteiger partial charge in [-0.25, -0.2) is 0 Å². The van der Waals surface area contributed by atoms with E-state index in [4.69, 9.17) is 0 Å². The SMILES string of the molecule is CCCCCCNC(=O)CSc1nnc(N(C)C)n1C(C)C. The number of unbranched alkanes of at least 4 members (excludes halogenated alkanes) is 3. The van der Waals surface area contributed by atoms with Gasteiger partial charge >= 0.3 is 0 Å². The molecule has 1 N–H and O–H groups in total. The van der Waals surface area contributed by atoms with Crippen LogP contribution in [-0.2, 0) is 4.79 Å². The summed E-state index contributed by atoms with van der Waals surface area (Å²) in [6.07, 6.45) is 4.67. The largest absolute Gasteiger partial charge is 0.355 e. The highest BCUT2D eigenvalue weighted by molar-refractivity contribution is 7.99. The van der Waals surface area contributed by atoms with Crippen molar-refractivity contribution in [2.24, 2.45) is 0 Å². The van der Waals surface area contributed by atoms with Crippen LogP contribution in [0.25, 0.3) is 0 Å². The molecule has 1 rings (SSSR count). The van der Waals surface area contributed by atoms with Gasteiger partial charge in [-0.15, -0.1) is 10.2 Å². The monoisotopic (exact) mass is 327 g/mol. The Hall–Kier alpha value is -1.24. The molecule has 1 amide bonds. The molecule has 1 heterocycles. The van der Waals surface area contributed by atoms with Crippen LogP contribution in [0.15, 0.2) is 5.16 Å². The fourth-order valence-corrected chi connectivity index (χ4v) is 2.98. The molecule has 1 aromatic rings. The van der Waals surface area contributed by atoms with Crippen LogP contribution >= 0.6 is 11.8 Å². The van der Waals surface area contributed by atoms with Crippen LogP contribution in [0.1, 0.15) is 52.5 Å². The molecule has 0 bridgehead atoms. The number of thioether (sulfide) groups is 1. The molecule has 0 radical (unpaired) electrons. The Morgan fingerprint density at radius 1 is 1.27 bits per heavy atom. The van der Waals surface area contributed by atoms with Gasteiger partial charge in [-0.1, -0.05) is 37.9 Å². The Kier molecular flexibility index (Phi) is 8.30. The summed E-state index contributed by atoms with van der Waals surface area (Å²) in [6, 6.07) is 0.256. The molecule has 126 valence electrons. The van der Waals surface area contributed by atoms with Gasteiger partial charge in [0.05, 0.1) is 5.75 Å². The smallest absolute Gasteiger partial charge is 0.230 e. The highest BCUT2D eigenvalue weighted by Gasteiger charge is 2.17. The second kappa shape index (κ2) is 9.71. The quantitative estimate of drug-likeness (QED) is 0.529. The van der Waals surface area contributed by atoms with Gasteiger partial charge in [0.1, 0.15) is 0 Å². The number of carbonyl (C=O) groups is 1. The van der Waals surface area contributed by atoms with E-state index in [2.05, 4.69) is 40.9 Å². The fourth-order valence-electron chi connectivity index (χ4n) is 2.09. The van der Waals surface area contributed by atoms with Gasteiger partial charge in [-0.3, -0.25) is 9.36 Å². The van der Waals surface area contributed by atoms with Crippen molar-refractivity contribution in [3.05, 3.63) is 0 Å². The third-order valence-corrected chi connectivity index (χ3v) is 4.19. The zero-order chi connectivity index (χ0) is 16.5. The van der Waals surface area contributed by atoms with Gasteiger partial charge in [0.2, 0.25) is 11.9 Å². The van der Waals surface area contributed by atoms with E-state index < -0.39 is 0 Å². The van der Waals surface area contributed by atoms with Gasteiger partial charge in [0, 0.05) is 26.7 Å². The molecule has 1 aromatic heterocycles. The number of aromatic nitrogens is 3. The molecule has 0 atom stereocenters. The van der Waals surface area contributed by atoms with Crippen molar-refractivity contribution in [3.63, 3.8) is 0 Å². The highest BCUT2D eigenvalue weighted by atomic mass is 32.2. The average Bonchev–Trinajstić information content (AvgIpc) is 2.89. The molecule has 22 heavy (non-hydrogen) atoms. The standard InChI is InChI=1S/C15H29N5OS/c1-6-7-8-9-10-16-13(21)11-22-15-18-17-14(19(4)5)20(15)12(2)3/h12H,6-11H2,1-5H3,(H,16,21). The molecule has 0 fully saturated rings. The van der Waals surface area contributed by atoms with Crippen LogP contribution < -0.4 is 10.2 Å². The molecule has 0 unspecified atom stereocenters. The van der Waals surface area contributed by atoms with E-state index in [0.717, 1.165) is 24.1 Å². The summed E-state index contributed by atoms with van der Waals surface area (Å²) >= 11 is 1.44. The fraction of sp³-hybridized carbons (Fsp3) is 0.800. The van der Waals surface area contributed by atoms with Crippen molar-refractivity contribution < 1.29 is 4.79 Å². The highest BCUT2D eigenvalue weighted by Crippen LogP contribution is 2.25. The second-order valence-corrected chi connectivity index (χ2v) is 6.78. The molecule has 7 heteroatoms. The van der Waals surface area contributed by atoms with E-state index in [-0.39, 0.29) is 11.9 Å². The first kappa shape index (κ1) is 18.8. The van der Waals surface area contributed by atoms with E-state index in [1.807, 2.05) is 19.0 Å². The maximum absolute atomic E-state index is 11.9. The zero-order valence-corrected chi connectivity index (χ0v) is 15.2. The molecule has 0 aromatic carbocycles.